The Morgan fingerprint density at radius 1 is 1.23 bits per heavy atom. The van der Waals surface area contributed by atoms with Crippen molar-refractivity contribution in [2.45, 2.75) is 33.9 Å². The van der Waals surface area contributed by atoms with E-state index >= 15 is 0 Å². The number of nitrogens with zero attached hydrogens (tertiary/aromatic N) is 4. The number of aryl methyl sites for hydroxylation is 3. The molecule has 3 rings (SSSR count). The number of pyridine rings is 2. The first-order chi connectivity index (χ1) is 12.4. The van der Waals surface area contributed by atoms with Gasteiger partial charge in [0.25, 0.3) is 5.91 Å². The minimum absolute atomic E-state index is 0.177. The summed E-state index contributed by atoms with van der Waals surface area (Å²) in [6, 6.07) is 7.65. The van der Waals surface area contributed by atoms with Gasteiger partial charge in [-0.1, -0.05) is 6.07 Å². The number of hydrogen-bond donors (Lipinski definition) is 2. The summed E-state index contributed by atoms with van der Waals surface area (Å²) < 4.78 is 1.71. The van der Waals surface area contributed by atoms with Gasteiger partial charge in [0.2, 0.25) is 0 Å². The number of aromatic nitrogens is 4. The van der Waals surface area contributed by atoms with Crippen molar-refractivity contribution in [1.29, 1.82) is 0 Å². The Morgan fingerprint density at radius 2 is 2.04 bits per heavy atom. The van der Waals surface area contributed by atoms with E-state index in [0.717, 1.165) is 28.2 Å². The molecule has 0 radical (unpaired) electrons. The van der Waals surface area contributed by atoms with Crippen LogP contribution < -0.4 is 11.1 Å². The summed E-state index contributed by atoms with van der Waals surface area (Å²) in [5, 5.41) is 7.16. The van der Waals surface area contributed by atoms with Crippen molar-refractivity contribution in [2.24, 2.45) is 0 Å². The first-order valence-electron chi connectivity index (χ1n) is 8.38. The molecule has 0 aliphatic carbocycles. The first kappa shape index (κ1) is 17.6. The number of nitrogens with one attached hydrogen (secondary N) is 1. The highest BCUT2D eigenvalue weighted by atomic mass is 16.1. The Morgan fingerprint density at radius 3 is 2.77 bits per heavy atom. The molecule has 7 nitrogen and oxygen atoms in total. The molecule has 26 heavy (non-hydrogen) atoms. The molecular weight excluding hydrogens is 328 g/mol. The average molecular weight is 350 g/mol. The van der Waals surface area contributed by atoms with Gasteiger partial charge in [0.05, 0.1) is 24.0 Å². The third kappa shape index (κ3) is 4.05. The standard InChI is InChI=1S/C19H22N6O/c1-12-7-18(20)24-14(3)17(12)9-21-19(26)15-8-22-25(10-15)11-16-6-4-5-13(2)23-16/h4-8,10H,9,11H2,1-3H3,(H2,20,24)(H,21,26). The van der Waals surface area contributed by atoms with E-state index in [9.17, 15) is 4.79 Å². The van der Waals surface area contributed by atoms with E-state index < -0.39 is 0 Å². The number of carbonyl (C=O) groups excluding carboxylic acids is 1. The molecule has 0 saturated heterocycles. The molecule has 3 aromatic rings. The second-order valence-corrected chi connectivity index (χ2v) is 6.31. The summed E-state index contributed by atoms with van der Waals surface area (Å²) in [6.07, 6.45) is 3.28. The van der Waals surface area contributed by atoms with Crippen molar-refractivity contribution in [3.63, 3.8) is 0 Å². The lowest BCUT2D eigenvalue weighted by atomic mass is 10.1. The lowest BCUT2D eigenvalue weighted by Crippen LogP contribution is -2.23. The maximum absolute atomic E-state index is 12.4. The third-order valence-electron chi connectivity index (χ3n) is 4.17. The largest absolute Gasteiger partial charge is 0.384 e. The van der Waals surface area contributed by atoms with Crippen LogP contribution in [0, 0.1) is 20.8 Å². The van der Waals surface area contributed by atoms with E-state index in [1.165, 1.54) is 0 Å². The van der Waals surface area contributed by atoms with Crippen molar-refractivity contribution in [3.8, 4) is 0 Å². The van der Waals surface area contributed by atoms with E-state index in [4.69, 9.17) is 5.73 Å². The lowest BCUT2D eigenvalue weighted by Gasteiger charge is -2.11. The first-order valence-corrected chi connectivity index (χ1v) is 8.38. The summed E-state index contributed by atoms with van der Waals surface area (Å²) in [7, 11) is 0. The second-order valence-electron chi connectivity index (χ2n) is 6.31. The van der Waals surface area contributed by atoms with Crippen LogP contribution in [0.5, 0.6) is 0 Å². The normalized spacial score (nSPS) is 10.7. The van der Waals surface area contributed by atoms with E-state index in [0.29, 0.717) is 24.5 Å². The molecule has 3 heterocycles. The number of anilines is 1. The summed E-state index contributed by atoms with van der Waals surface area (Å²) in [5.74, 6) is 0.310. The Labute approximate surface area is 152 Å². The number of nitrogens with two attached hydrogens (primary N) is 1. The molecule has 3 N–H and O–H groups in total. The molecule has 3 aromatic heterocycles. The molecule has 0 saturated carbocycles. The van der Waals surface area contributed by atoms with Gasteiger partial charge >= 0.3 is 0 Å². The van der Waals surface area contributed by atoms with E-state index in [-0.39, 0.29) is 5.91 Å². The molecule has 0 fully saturated rings. The van der Waals surface area contributed by atoms with Gasteiger partial charge in [-0.05, 0) is 50.1 Å². The van der Waals surface area contributed by atoms with Crippen LogP contribution >= 0.6 is 0 Å². The minimum Gasteiger partial charge on any atom is -0.384 e. The van der Waals surface area contributed by atoms with Gasteiger partial charge in [-0.25, -0.2) is 4.98 Å². The number of hydrogen-bond acceptors (Lipinski definition) is 5. The van der Waals surface area contributed by atoms with E-state index in [1.807, 2.05) is 39.0 Å². The average Bonchev–Trinajstić information content (AvgIpc) is 3.02. The van der Waals surface area contributed by atoms with Gasteiger partial charge in [-0.3, -0.25) is 14.5 Å². The molecule has 1 amide bonds. The predicted octanol–water partition coefficient (Wildman–Crippen LogP) is 2.16. The minimum atomic E-state index is -0.177. The number of amides is 1. The van der Waals surface area contributed by atoms with Gasteiger partial charge in [-0.2, -0.15) is 5.10 Å². The number of rotatable bonds is 5. The third-order valence-corrected chi connectivity index (χ3v) is 4.17. The monoisotopic (exact) mass is 350 g/mol. The summed E-state index contributed by atoms with van der Waals surface area (Å²) in [4.78, 5) is 21.1. The SMILES string of the molecule is Cc1cccc(Cn2cc(C(=O)NCc3c(C)cc(N)nc3C)cn2)n1. The zero-order valence-electron chi connectivity index (χ0n) is 15.2. The van der Waals surface area contributed by atoms with Crippen LogP contribution in [0.15, 0.2) is 36.7 Å². The van der Waals surface area contributed by atoms with Gasteiger partial charge < -0.3 is 11.1 Å². The van der Waals surface area contributed by atoms with Gasteiger partial charge in [-0.15, -0.1) is 0 Å². The molecule has 0 aliphatic heterocycles. The fourth-order valence-electron chi connectivity index (χ4n) is 2.85. The van der Waals surface area contributed by atoms with Gasteiger partial charge in [0, 0.05) is 24.1 Å². The fraction of sp³-hybridized carbons (Fsp3) is 0.263. The summed E-state index contributed by atoms with van der Waals surface area (Å²) in [6.45, 7) is 6.71. The Bertz CT molecular complexity index is 924. The highest BCUT2D eigenvalue weighted by Gasteiger charge is 2.11. The van der Waals surface area contributed by atoms with Crippen LogP contribution in [0.25, 0.3) is 0 Å². The molecule has 0 unspecified atom stereocenters. The highest BCUT2D eigenvalue weighted by molar-refractivity contribution is 5.93. The topological polar surface area (TPSA) is 98.7 Å². The quantitative estimate of drug-likeness (QED) is 0.735. The molecular formula is C19H22N6O. The van der Waals surface area contributed by atoms with Crippen LogP contribution in [-0.4, -0.2) is 25.7 Å². The van der Waals surface area contributed by atoms with Crippen LogP contribution in [0.2, 0.25) is 0 Å². The number of carbonyl (C=O) groups is 1. The highest BCUT2D eigenvalue weighted by Crippen LogP contribution is 2.14. The van der Waals surface area contributed by atoms with Crippen molar-refractivity contribution < 1.29 is 4.79 Å². The van der Waals surface area contributed by atoms with Crippen molar-refractivity contribution in [2.75, 3.05) is 5.73 Å². The Kier molecular flexibility index (Phi) is 4.97. The van der Waals surface area contributed by atoms with Crippen molar-refractivity contribution in [3.05, 3.63) is 70.4 Å². The zero-order chi connectivity index (χ0) is 18.7. The summed E-state index contributed by atoms with van der Waals surface area (Å²) >= 11 is 0. The van der Waals surface area contributed by atoms with Crippen LogP contribution in [-0.2, 0) is 13.1 Å². The van der Waals surface area contributed by atoms with Crippen LogP contribution in [0.1, 0.15) is 38.6 Å². The predicted molar refractivity (Wildman–Crippen MR) is 99.6 cm³/mol. The maximum Gasteiger partial charge on any atom is 0.254 e. The van der Waals surface area contributed by atoms with E-state index in [2.05, 4.69) is 20.4 Å². The summed E-state index contributed by atoms with van der Waals surface area (Å²) in [5.41, 5.74) is 10.9. The molecule has 0 aliphatic rings. The zero-order valence-corrected chi connectivity index (χ0v) is 15.2. The molecule has 0 atom stereocenters. The van der Waals surface area contributed by atoms with Gasteiger partial charge in [0.1, 0.15) is 5.82 Å². The van der Waals surface area contributed by atoms with Crippen molar-refractivity contribution >= 4 is 11.7 Å². The number of nitrogen functional groups attached to an aromatic ring is 1. The van der Waals surface area contributed by atoms with Crippen molar-refractivity contribution in [1.82, 2.24) is 25.1 Å². The van der Waals surface area contributed by atoms with Gasteiger partial charge in [0.15, 0.2) is 0 Å². The molecule has 0 spiro atoms. The maximum atomic E-state index is 12.4. The molecule has 0 aromatic carbocycles. The second kappa shape index (κ2) is 7.35. The Balaban J connectivity index is 1.65. The molecule has 7 heteroatoms. The lowest BCUT2D eigenvalue weighted by molar-refractivity contribution is 0.0950. The fourth-order valence-corrected chi connectivity index (χ4v) is 2.85. The Hall–Kier alpha value is -3.22. The molecule has 134 valence electrons. The van der Waals surface area contributed by atoms with Crippen LogP contribution in [0.3, 0.4) is 0 Å². The van der Waals surface area contributed by atoms with Crippen LogP contribution in [0.4, 0.5) is 5.82 Å². The van der Waals surface area contributed by atoms with E-state index in [1.54, 1.807) is 23.1 Å². The molecule has 0 bridgehead atoms. The smallest absolute Gasteiger partial charge is 0.254 e.